The van der Waals surface area contributed by atoms with Gasteiger partial charge in [0.1, 0.15) is 36.4 Å². The highest BCUT2D eigenvalue weighted by molar-refractivity contribution is 5.98. The number of ether oxygens (including phenoxy) is 2. The number of hydrogen-bond donors (Lipinski definition) is 0. The van der Waals surface area contributed by atoms with Gasteiger partial charge in [-0.15, -0.1) is 0 Å². The number of nitrogens with zero attached hydrogens (tertiary/aromatic N) is 1. The Morgan fingerprint density at radius 3 is 2.47 bits per heavy atom. The maximum Gasteiger partial charge on any atom is 0.349 e. The molecule has 0 unspecified atom stereocenters. The van der Waals surface area contributed by atoms with Crippen LogP contribution in [-0.2, 0) is 19.1 Å². The molecule has 3 aromatic rings. The van der Waals surface area contributed by atoms with Gasteiger partial charge in [0.25, 0.3) is 0 Å². The largest absolute Gasteiger partial charge is 0.459 e. The lowest BCUT2D eigenvalue weighted by Crippen LogP contribution is -2.15. The normalized spacial score (nSPS) is 11.0. The molecule has 0 aliphatic carbocycles. The van der Waals surface area contributed by atoms with E-state index in [1.807, 2.05) is 42.5 Å². The Bertz CT molecular complexity index is 1170. The first-order valence-electron chi connectivity index (χ1n) is 9.19. The highest BCUT2D eigenvalue weighted by Crippen LogP contribution is 2.30. The van der Waals surface area contributed by atoms with Crippen molar-refractivity contribution < 1.29 is 23.5 Å². The summed E-state index contributed by atoms with van der Waals surface area (Å²) in [6, 6.07) is 19.1. The molecule has 6 heteroatoms. The lowest BCUT2D eigenvalue weighted by atomic mass is 10.0. The van der Waals surface area contributed by atoms with E-state index in [1.165, 1.54) is 13.0 Å². The molecule has 0 atom stereocenters. The molecule has 1 aromatic heterocycles. The molecule has 2 aromatic carbocycles. The van der Waals surface area contributed by atoms with Crippen LogP contribution in [0.15, 0.2) is 76.7 Å². The Morgan fingerprint density at radius 1 is 1.03 bits per heavy atom. The molecule has 0 radical (unpaired) electrons. The minimum absolute atomic E-state index is 0.123. The van der Waals surface area contributed by atoms with Gasteiger partial charge in [0.2, 0.25) is 0 Å². The number of rotatable bonds is 7. The molecule has 0 spiro atoms. The predicted octanol–water partition coefficient (Wildman–Crippen LogP) is 4.67. The summed E-state index contributed by atoms with van der Waals surface area (Å²) in [5.74, 6) is -0.429. The molecule has 0 aliphatic heterocycles. The summed E-state index contributed by atoms with van der Waals surface area (Å²) in [7, 11) is 0. The van der Waals surface area contributed by atoms with Crippen LogP contribution in [0.1, 0.15) is 12.7 Å². The number of hydrogen-bond acceptors (Lipinski definition) is 6. The number of fused-ring (bicyclic) bond motifs is 1. The van der Waals surface area contributed by atoms with Crippen molar-refractivity contribution in [2.75, 3.05) is 13.2 Å². The number of carbonyl (C=O) groups excluding carboxylic acids is 2. The van der Waals surface area contributed by atoms with E-state index in [0.29, 0.717) is 11.5 Å². The third-order valence-electron chi connectivity index (χ3n) is 4.21. The first-order chi connectivity index (χ1) is 14.5. The fourth-order valence-electron chi connectivity index (χ4n) is 2.76. The molecule has 0 bridgehead atoms. The van der Waals surface area contributed by atoms with Gasteiger partial charge in [0.05, 0.1) is 0 Å². The molecule has 0 aliphatic rings. The highest BCUT2D eigenvalue weighted by Gasteiger charge is 2.14. The van der Waals surface area contributed by atoms with Crippen LogP contribution in [0.3, 0.4) is 0 Å². The van der Waals surface area contributed by atoms with E-state index in [-0.39, 0.29) is 24.4 Å². The Hall–Kier alpha value is -4.11. The van der Waals surface area contributed by atoms with Crippen LogP contribution in [0.2, 0.25) is 0 Å². The summed E-state index contributed by atoms with van der Waals surface area (Å²) in [5.41, 5.74) is 0.937. The zero-order valence-electron chi connectivity index (χ0n) is 16.4. The minimum Gasteiger partial charge on any atom is -0.459 e. The third kappa shape index (κ3) is 4.83. The van der Waals surface area contributed by atoms with Crippen molar-refractivity contribution in [3.05, 3.63) is 78.1 Å². The quantitative estimate of drug-likeness (QED) is 0.247. The van der Waals surface area contributed by atoms with Gasteiger partial charge in [0.15, 0.2) is 0 Å². The molecule has 0 fully saturated rings. The van der Waals surface area contributed by atoms with Gasteiger partial charge >= 0.3 is 11.9 Å². The van der Waals surface area contributed by atoms with E-state index >= 15 is 0 Å². The zero-order chi connectivity index (χ0) is 21.5. The Labute approximate surface area is 173 Å². The molecule has 30 heavy (non-hydrogen) atoms. The summed E-state index contributed by atoms with van der Waals surface area (Å²) < 4.78 is 15.6. The van der Waals surface area contributed by atoms with Crippen LogP contribution in [0.25, 0.3) is 28.2 Å². The second-order valence-electron chi connectivity index (χ2n) is 6.45. The van der Waals surface area contributed by atoms with E-state index in [1.54, 1.807) is 18.2 Å². The Balaban J connectivity index is 1.71. The van der Waals surface area contributed by atoms with E-state index in [0.717, 1.165) is 16.3 Å². The van der Waals surface area contributed by atoms with Crippen LogP contribution in [0, 0.1) is 11.3 Å². The summed E-state index contributed by atoms with van der Waals surface area (Å²) >= 11 is 0. The lowest BCUT2D eigenvalue weighted by Gasteiger charge is -2.05. The fourth-order valence-corrected chi connectivity index (χ4v) is 2.76. The number of benzene rings is 2. The number of esters is 2. The van der Waals surface area contributed by atoms with Gasteiger partial charge in [-0.3, -0.25) is 0 Å². The van der Waals surface area contributed by atoms with E-state index in [2.05, 4.69) is 6.58 Å². The predicted molar refractivity (Wildman–Crippen MR) is 112 cm³/mol. The van der Waals surface area contributed by atoms with E-state index in [4.69, 9.17) is 13.9 Å². The number of carbonyl (C=O) groups is 2. The molecule has 0 N–H and O–H groups in total. The summed E-state index contributed by atoms with van der Waals surface area (Å²) in [4.78, 5) is 23.4. The standard InChI is InChI=1S/C24H19NO5/c1-16(2)23(26)28-12-13-29-24(27)18(15-25)14-19-10-11-22(30-19)21-9-5-7-17-6-3-4-8-20(17)21/h3-11,14H,1,12-13H2,2H3. The van der Waals surface area contributed by atoms with Crippen molar-refractivity contribution in [2.24, 2.45) is 0 Å². The van der Waals surface area contributed by atoms with Crippen LogP contribution in [0.5, 0.6) is 0 Å². The lowest BCUT2D eigenvalue weighted by molar-refractivity contribution is -0.147. The molecule has 0 amide bonds. The summed E-state index contributed by atoms with van der Waals surface area (Å²) in [6.07, 6.45) is 1.32. The van der Waals surface area contributed by atoms with Crippen molar-refractivity contribution in [1.29, 1.82) is 5.26 Å². The maximum atomic E-state index is 12.1. The second-order valence-corrected chi connectivity index (χ2v) is 6.45. The smallest absolute Gasteiger partial charge is 0.349 e. The molecule has 6 nitrogen and oxygen atoms in total. The molecule has 3 rings (SSSR count). The Morgan fingerprint density at radius 2 is 1.73 bits per heavy atom. The van der Waals surface area contributed by atoms with Crippen molar-refractivity contribution in [2.45, 2.75) is 6.92 Å². The molecule has 150 valence electrons. The van der Waals surface area contributed by atoms with E-state index < -0.39 is 11.9 Å². The topological polar surface area (TPSA) is 89.5 Å². The van der Waals surface area contributed by atoms with E-state index in [9.17, 15) is 14.9 Å². The minimum atomic E-state index is -0.827. The van der Waals surface area contributed by atoms with Crippen LogP contribution >= 0.6 is 0 Å². The average Bonchev–Trinajstić information content (AvgIpc) is 3.22. The van der Waals surface area contributed by atoms with Gasteiger partial charge in [-0.05, 0) is 29.8 Å². The maximum absolute atomic E-state index is 12.1. The van der Waals surface area contributed by atoms with Gasteiger partial charge in [-0.1, -0.05) is 49.0 Å². The molecule has 0 saturated heterocycles. The third-order valence-corrected chi connectivity index (χ3v) is 4.21. The first-order valence-corrected chi connectivity index (χ1v) is 9.19. The molecule has 0 saturated carbocycles. The number of furan rings is 1. The summed E-state index contributed by atoms with van der Waals surface area (Å²) in [5, 5.41) is 11.4. The van der Waals surface area contributed by atoms with Crippen LogP contribution < -0.4 is 0 Å². The molecular weight excluding hydrogens is 382 g/mol. The first kappa shape index (κ1) is 20.6. The monoisotopic (exact) mass is 401 g/mol. The van der Waals surface area contributed by atoms with Gasteiger partial charge < -0.3 is 13.9 Å². The Kier molecular flexibility index (Phi) is 6.46. The fraction of sp³-hybridized carbons (Fsp3) is 0.125. The SMILES string of the molecule is C=C(C)C(=O)OCCOC(=O)C(C#N)=Cc1ccc(-c2cccc3ccccc23)o1. The van der Waals surface area contributed by atoms with Crippen LogP contribution in [-0.4, -0.2) is 25.2 Å². The van der Waals surface area contributed by atoms with Gasteiger partial charge in [-0.2, -0.15) is 5.26 Å². The van der Waals surface area contributed by atoms with Gasteiger partial charge in [0, 0.05) is 17.2 Å². The van der Waals surface area contributed by atoms with Crippen molar-refractivity contribution >= 4 is 28.8 Å². The number of nitriles is 1. The second kappa shape index (κ2) is 9.39. The van der Waals surface area contributed by atoms with Crippen molar-refractivity contribution in [3.63, 3.8) is 0 Å². The highest BCUT2D eigenvalue weighted by atomic mass is 16.6. The van der Waals surface area contributed by atoms with Crippen LogP contribution in [0.4, 0.5) is 0 Å². The zero-order valence-corrected chi connectivity index (χ0v) is 16.4. The molecular formula is C24H19NO5. The summed E-state index contributed by atoms with van der Waals surface area (Å²) in [6.45, 7) is 4.67. The van der Waals surface area contributed by atoms with Gasteiger partial charge in [-0.25, -0.2) is 9.59 Å². The average molecular weight is 401 g/mol. The van der Waals surface area contributed by atoms with Crippen molar-refractivity contribution in [3.8, 4) is 17.4 Å². The van der Waals surface area contributed by atoms with Crippen molar-refractivity contribution in [1.82, 2.24) is 0 Å². The molecule has 1 heterocycles.